The zero-order valence-corrected chi connectivity index (χ0v) is 37.2. The van der Waals surface area contributed by atoms with Crippen LogP contribution in [0.15, 0.2) is 30.3 Å². The van der Waals surface area contributed by atoms with Crippen LogP contribution < -0.4 is 0 Å². The molecule has 19 heteroatoms. The molecule has 2 rings (SSSR count). The number of benzene rings is 1. The molecule has 9 atom stereocenters. The molecule has 19 nitrogen and oxygen atoms in total. The van der Waals surface area contributed by atoms with Crippen molar-refractivity contribution in [2.45, 2.75) is 127 Å². The molecule has 0 aromatic heterocycles. The third kappa shape index (κ3) is 17.9. The van der Waals surface area contributed by atoms with Crippen molar-refractivity contribution >= 4 is 47.7 Å². The number of nitrogens with zero attached hydrogens (tertiary/aromatic N) is 1. The van der Waals surface area contributed by atoms with Gasteiger partial charge in [0.2, 0.25) is 5.91 Å². The number of amides is 1. The van der Waals surface area contributed by atoms with E-state index in [-0.39, 0.29) is 60.6 Å². The first-order valence-corrected chi connectivity index (χ1v) is 21.0. The second-order valence-electron chi connectivity index (χ2n) is 17.6. The van der Waals surface area contributed by atoms with Crippen LogP contribution in [0.3, 0.4) is 0 Å². The van der Waals surface area contributed by atoms with Crippen LogP contribution in [0, 0.1) is 39.9 Å². The first-order chi connectivity index (χ1) is 29.3. The van der Waals surface area contributed by atoms with Gasteiger partial charge in [-0.1, -0.05) is 73.4 Å². The largest absolute Gasteiger partial charge is 0.481 e. The first kappa shape index (κ1) is 62.9. The Hall–Kier alpha value is -5.14. The monoisotopic (exact) mass is 944 g/mol. The number of aliphatic carboxylic acids is 3. The van der Waals surface area contributed by atoms with Crippen molar-refractivity contribution in [2.75, 3.05) is 46.1 Å². The van der Waals surface area contributed by atoms with Crippen LogP contribution >= 0.6 is 0 Å². The lowest BCUT2D eigenvalue weighted by Gasteiger charge is -2.39. The van der Waals surface area contributed by atoms with E-state index >= 15 is 0 Å². The maximum atomic E-state index is 13.7. The summed E-state index contributed by atoms with van der Waals surface area (Å²) in [5.41, 5.74) is -4.05. The van der Waals surface area contributed by atoms with Gasteiger partial charge in [0.1, 0.15) is 38.6 Å². The van der Waals surface area contributed by atoms with Gasteiger partial charge in [0.25, 0.3) is 0 Å². The number of esters is 4. The second-order valence-corrected chi connectivity index (χ2v) is 17.6. The SMILES string of the molecule is C.C.C.CCC(C)(CC(C)(CC(C)(C)C(=O)OCC(O)COC(=O)C(C)C(CC(c1ccccc1)C(C(=O)O)C(C)C(=O)O)C(=O)O)C(=O)OCC(O)CO)C(=O)OCCN1CCCC1=O. The minimum atomic E-state index is -1.61. The highest BCUT2D eigenvalue weighted by Crippen LogP contribution is 2.46. The molecule has 1 saturated heterocycles. The lowest BCUT2D eigenvalue weighted by Crippen LogP contribution is -2.45. The normalized spacial score (nSPS) is 17.4. The molecule has 1 heterocycles. The molecular formula is C47H77NO18. The number of hydrogen-bond donors (Lipinski definition) is 6. The average molecular weight is 944 g/mol. The molecule has 1 fully saturated rings. The lowest BCUT2D eigenvalue weighted by molar-refractivity contribution is -0.172. The predicted molar refractivity (Wildman–Crippen MR) is 240 cm³/mol. The molecule has 6 N–H and O–H groups in total. The maximum absolute atomic E-state index is 13.7. The molecule has 0 bridgehead atoms. The quantitative estimate of drug-likeness (QED) is 0.0495. The molecule has 378 valence electrons. The van der Waals surface area contributed by atoms with Gasteiger partial charge in [0.05, 0.1) is 53.1 Å². The van der Waals surface area contributed by atoms with E-state index in [9.17, 15) is 69.0 Å². The number of hydrogen-bond acceptors (Lipinski definition) is 15. The van der Waals surface area contributed by atoms with Crippen LogP contribution in [-0.2, 0) is 57.3 Å². The number of carbonyl (C=O) groups excluding carboxylic acids is 5. The molecule has 0 spiro atoms. The van der Waals surface area contributed by atoms with E-state index in [1.54, 1.807) is 36.9 Å². The first-order valence-electron chi connectivity index (χ1n) is 21.0. The summed E-state index contributed by atoms with van der Waals surface area (Å²) < 4.78 is 21.5. The number of ether oxygens (including phenoxy) is 4. The molecule has 1 aliphatic heterocycles. The van der Waals surface area contributed by atoms with E-state index < -0.39 is 133 Å². The molecule has 1 aromatic carbocycles. The van der Waals surface area contributed by atoms with Gasteiger partial charge in [0.15, 0.2) is 0 Å². The summed E-state index contributed by atoms with van der Waals surface area (Å²) in [6.45, 7) is 8.04. The van der Waals surface area contributed by atoms with Crippen LogP contribution in [0.25, 0.3) is 0 Å². The molecule has 9 unspecified atom stereocenters. The Morgan fingerprint density at radius 1 is 0.712 bits per heavy atom. The molecule has 1 amide bonds. The third-order valence-electron chi connectivity index (χ3n) is 11.8. The topological polar surface area (TPSA) is 298 Å². The van der Waals surface area contributed by atoms with Crippen molar-refractivity contribution in [2.24, 2.45) is 39.9 Å². The molecule has 1 aromatic rings. The zero-order chi connectivity index (χ0) is 47.9. The molecule has 1 aliphatic rings. The molecule has 0 aliphatic carbocycles. The van der Waals surface area contributed by atoms with E-state index in [2.05, 4.69) is 0 Å². The predicted octanol–water partition coefficient (Wildman–Crippen LogP) is 4.57. The Kier molecular flexibility index (Phi) is 26.8. The van der Waals surface area contributed by atoms with Crippen LogP contribution in [0.4, 0.5) is 0 Å². The van der Waals surface area contributed by atoms with Gasteiger partial charge in [-0.05, 0) is 71.3 Å². The molecule has 0 saturated carbocycles. The van der Waals surface area contributed by atoms with Crippen LogP contribution in [-0.4, -0.2) is 142 Å². The van der Waals surface area contributed by atoms with Gasteiger partial charge in [-0.15, -0.1) is 0 Å². The van der Waals surface area contributed by atoms with E-state index in [0.717, 1.165) is 0 Å². The van der Waals surface area contributed by atoms with Gasteiger partial charge < -0.3 is 54.5 Å². The third-order valence-corrected chi connectivity index (χ3v) is 11.8. The number of carboxylic acids is 3. The van der Waals surface area contributed by atoms with Gasteiger partial charge in [-0.25, -0.2) is 0 Å². The minimum absolute atomic E-state index is 0. The number of aliphatic hydroxyl groups is 3. The highest BCUT2D eigenvalue weighted by atomic mass is 16.6. The van der Waals surface area contributed by atoms with Crippen molar-refractivity contribution in [1.82, 2.24) is 4.90 Å². The van der Waals surface area contributed by atoms with Gasteiger partial charge in [0, 0.05) is 13.0 Å². The Bertz CT molecular complexity index is 1750. The zero-order valence-electron chi connectivity index (χ0n) is 37.2. The fourth-order valence-electron chi connectivity index (χ4n) is 7.98. The van der Waals surface area contributed by atoms with Crippen molar-refractivity contribution in [3.63, 3.8) is 0 Å². The molecule has 66 heavy (non-hydrogen) atoms. The van der Waals surface area contributed by atoms with Gasteiger partial charge in [-0.2, -0.15) is 0 Å². The highest BCUT2D eigenvalue weighted by molar-refractivity contribution is 5.84. The Labute approximate surface area is 389 Å². The summed E-state index contributed by atoms with van der Waals surface area (Å²) in [6, 6.07) is 7.88. The Morgan fingerprint density at radius 2 is 1.26 bits per heavy atom. The summed E-state index contributed by atoms with van der Waals surface area (Å²) in [7, 11) is 0. The second kappa shape index (κ2) is 28.1. The van der Waals surface area contributed by atoms with Gasteiger partial charge in [-0.3, -0.25) is 38.4 Å². The van der Waals surface area contributed by atoms with E-state index in [1.165, 1.54) is 46.8 Å². The van der Waals surface area contributed by atoms with Crippen molar-refractivity contribution in [3.05, 3.63) is 35.9 Å². The lowest BCUT2D eigenvalue weighted by atomic mass is 9.65. The maximum Gasteiger partial charge on any atom is 0.311 e. The smallest absolute Gasteiger partial charge is 0.311 e. The van der Waals surface area contributed by atoms with E-state index in [0.29, 0.717) is 24.9 Å². The fourth-order valence-corrected chi connectivity index (χ4v) is 7.98. The Balaban J connectivity index is 0. The van der Waals surface area contributed by atoms with E-state index in [4.69, 9.17) is 18.9 Å². The van der Waals surface area contributed by atoms with E-state index in [1.807, 2.05) is 0 Å². The fraction of sp³-hybridized carbons (Fsp3) is 0.702. The highest BCUT2D eigenvalue weighted by Gasteiger charge is 2.50. The molecular weight excluding hydrogens is 867 g/mol. The summed E-state index contributed by atoms with van der Waals surface area (Å²) in [4.78, 5) is 104. The van der Waals surface area contributed by atoms with Gasteiger partial charge >= 0.3 is 41.8 Å². The summed E-state index contributed by atoms with van der Waals surface area (Å²) >= 11 is 0. The average Bonchev–Trinajstić information content (AvgIpc) is 3.64. The van der Waals surface area contributed by atoms with Crippen LogP contribution in [0.5, 0.6) is 0 Å². The minimum Gasteiger partial charge on any atom is -0.481 e. The standard InChI is InChI=1S/C44H65NO18.3CH4/c1-8-43(6,40(58)60-18-17-45-16-12-15-33(45)49)25-44(7,41(59)63-21-29(47)20-46)24-42(4,5)39(57)62-23-30(48)22-61-38(56)26(2)31(36(52)53)19-32(28-13-10-9-11-14-28)34(37(54)55)27(3)35(50)51;;;/h9-11,13-14,26-27,29-32,34,46-48H,8,12,15-25H2,1-7H3,(H,50,51)(H,52,53)(H,54,55);3*1H4. The number of likely N-dealkylation sites (tertiary alicyclic amines) is 1. The summed E-state index contributed by atoms with van der Waals surface area (Å²) in [5.74, 6) is -15.0. The van der Waals surface area contributed by atoms with Crippen molar-refractivity contribution in [1.29, 1.82) is 0 Å². The number of carbonyl (C=O) groups is 8. The summed E-state index contributed by atoms with van der Waals surface area (Å²) in [6.07, 6.45) is -2.62. The molecule has 0 radical (unpaired) electrons. The number of aliphatic hydroxyl groups excluding tert-OH is 3. The number of carboxylic acid groups (broad SMARTS) is 3. The Morgan fingerprint density at radius 3 is 1.76 bits per heavy atom. The summed E-state index contributed by atoms with van der Waals surface area (Å²) in [5, 5.41) is 59.7. The van der Waals surface area contributed by atoms with Crippen LogP contribution in [0.1, 0.15) is 121 Å². The van der Waals surface area contributed by atoms with Crippen LogP contribution in [0.2, 0.25) is 0 Å². The van der Waals surface area contributed by atoms with Crippen molar-refractivity contribution in [3.8, 4) is 0 Å². The number of rotatable bonds is 28. The van der Waals surface area contributed by atoms with Crippen molar-refractivity contribution < 1.29 is 87.9 Å².